The van der Waals surface area contributed by atoms with E-state index in [4.69, 9.17) is 16.3 Å². The molecule has 0 fully saturated rings. The number of hydrogen-bond donors (Lipinski definition) is 0. The highest BCUT2D eigenvalue weighted by atomic mass is 35.5. The van der Waals surface area contributed by atoms with Crippen molar-refractivity contribution in [2.75, 3.05) is 19.5 Å². The molecule has 0 unspecified atom stereocenters. The van der Waals surface area contributed by atoms with E-state index in [1.54, 1.807) is 11.0 Å². The molecule has 0 spiro atoms. The Morgan fingerprint density at radius 1 is 1.47 bits per heavy atom. The number of amides is 1. The number of carbonyl (C=O) groups excluding carboxylic acids is 1. The van der Waals surface area contributed by atoms with Crippen LogP contribution < -0.4 is 4.74 Å². The van der Waals surface area contributed by atoms with Gasteiger partial charge >= 0.3 is 0 Å². The van der Waals surface area contributed by atoms with Crippen molar-refractivity contribution >= 4 is 17.5 Å². The van der Waals surface area contributed by atoms with Gasteiger partial charge in [0.25, 0.3) is 5.91 Å². The van der Waals surface area contributed by atoms with Gasteiger partial charge in [0.2, 0.25) is 0 Å². The van der Waals surface area contributed by atoms with Crippen molar-refractivity contribution in [1.29, 1.82) is 0 Å². The monoisotopic (exact) mass is 287 g/mol. The van der Waals surface area contributed by atoms with E-state index in [9.17, 15) is 9.18 Å². The first-order valence-corrected chi connectivity index (χ1v) is 6.75. The molecular weight excluding hydrogens is 269 g/mol. The van der Waals surface area contributed by atoms with E-state index < -0.39 is 5.82 Å². The van der Waals surface area contributed by atoms with Gasteiger partial charge in [-0.1, -0.05) is 0 Å². The molecule has 0 saturated carbocycles. The van der Waals surface area contributed by atoms with Crippen LogP contribution in [-0.2, 0) is 0 Å². The summed E-state index contributed by atoms with van der Waals surface area (Å²) in [6.45, 7) is 4.31. The fourth-order valence-corrected chi connectivity index (χ4v) is 1.89. The van der Waals surface area contributed by atoms with Gasteiger partial charge < -0.3 is 9.64 Å². The molecule has 0 atom stereocenters. The largest absolute Gasteiger partial charge is 0.497 e. The normalized spacial score (nSPS) is 10.6. The molecule has 3 nitrogen and oxygen atoms in total. The molecule has 1 aromatic carbocycles. The minimum atomic E-state index is -0.569. The Hall–Kier alpha value is -1.29. The van der Waals surface area contributed by atoms with Gasteiger partial charge in [0.15, 0.2) is 0 Å². The molecule has 1 aromatic rings. The lowest BCUT2D eigenvalue weighted by Gasteiger charge is -2.26. The SMILES string of the molecule is COc1ccc(C(=O)N(CCCCl)C(C)C)c(F)c1. The number of halogens is 2. The van der Waals surface area contributed by atoms with Gasteiger partial charge in [-0.15, -0.1) is 11.6 Å². The van der Waals surface area contributed by atoms with Crippen LogP contribution in [-0.4, -0.2) is 36.4 Å². The average Bonchev–Trinajstić information content (AvgIpc) is 2.38. The maximum atomic E-state index is 13.9. The Labute approximate surface area is 118 Å². The van der Waals surface area contributed by atoms with Crippen LogP contribution in [0.25, 0.3) is 0 Å². The Morgan fingerprint density at radius 3 is 2.63 bits per heavy atom. The first-order chi connectivity index (χ1) is 9.01. The average molecular weight is 288 g/mol. The van der Waals surface area contributed by atoms with Gasteiger partial charge in [0, 0.05) is 24.5 Å². The van der Waals surface area contributed by atoms with Crippen molar-refractivity contribution in [2.45, 2.75) is 26.3 Å². The number of nitrogens with zero attached hydrogens (tertiary/aromatic N) is 1. The molecule has 106 valence electrons. The van der Waals surface area contributed by atoms with E-state index in [0.29, 0.717) is 24.6 Å². The molecule has 0 N–H and O–H groups in total. The lowest BCUT2D eigenvalue weighted by molar-refractivity contribution is 0.0701. The third-order valence-corrected chi connectivity index (χ3v) is 3.09. The Morgan fingerprint density at radius 2 is 2.16 bits per heavy atom. The number of methoxy groups -OCH3 is 1. The highest BCUT2D eigenvalue weighted by molar-refractivity contribution is 6.17. The van der Waals surface area contributed by atoms with Crippen molar-refractivity contribution in [3.05, 3.63) is 29.6 Å². The number of rotatable bonds is 6. The van der Waals surface area contributed by atoms with Gasteiger partial charge in [-0.25, -0.2) is 4.39 Å². The molecule has 0 aliphatic heterocycles. The van der Waals surface area contributed by atoms with Crippen LogP contribution >= 0.6 is 11.6 Å². The Kier molecular flexibility index (Phi) is 6.09. The number of hydrogen-bond acceptors (Lipinski definition) is 2. The Balaban J connectivity index is 2.96. The zero-order chi connectivity index (χ0) is 14.4. The van der Waals surface area contributed by atoms with Gasteiger partial charge in [0.1, 0.15) is 11.6 Å². The number of benzene rings is 1. The maximum absolute atomic E-state index is 13.9. The van der Waals surface area contributed by atoms with Crippen molar-refractivity contribution in [3.63, 3.8) is 0 Å². The molecule has 0 aliphatic carbocycles. The molecule has 1 rings (SSSR count). The Bertz CT molecular complexity index is 437. The predicted octanol–water partition coefficient (Wildman–Crippen LogP) is 3.31. The lowest BCUT2D eigenvalue weighted by Crippen LogP contribution is -2.38. The summed E-state index contributed by atoms with van der Waals surface area (Å²) in [6.07, 6.45) is 0.684. The standard InChI is InChI=1S/C14H19ClFNO2/c1-10(2)17(8-4-7-15)14(18)12-6-5-11(19-3)9-13(12)16/h5-6,9-10H,4,7-8H2,1-3H3. The molecule has 19 heavy (non-hydrogen) atoms. The van der Waals surface area contributed by atoms with E-state index in [2.05, 4.69) is 0 Å². The van der Waals surface area contributed by atoms with Crippen LogP contribution in [0.4, 0.5) is 4.39 Å². The number of carbonyl (C=O) groups is 1. The highest BCUT2D eigenvalue weighted by Gasteiger charge is 2.21. The third kappa shape index (κ3) is 4.10. The van der Waals surface area contributed by atoms with Crippen LogP contribution in [0.3, 0.4) is 0 Å². The zero-order valence-corrected chi connectivity index (χ0v) is 12.2. The van der Waals surface area contributed by atoms with Crippen LogP contribution in [0.1, 0.15) is 30.6 Å². The highest BCUT2D eigenvalue weighted by Crippen LogP contribution is 2.19. The minimum Gasteiger partial charge on any atom is -0.497 e. The van der Waals surface area contributed by atoms with Gasteiger partial charge in [-0.05, 0) is 32.4 Å². The second-order valence-corrected chi connectivity index (χ2v) is 4.86. The van der Waals surface area contributed by atoms with Gasteiger partial charge in [-0.2, -0.15) is 0 Å². The van der Waals surface area contributed by atoms with Gasteiger partial charge in [-0.3, -0.25) is 4.79 Å². The maximum Gasteiger partial charge on any atom is 0.257 e. The van der Waals surface area contributed by atoms with Crippen molar-refractivity contribution < 1.29 is 13.9 Å². The number of ether oxygens (including phenoxy) is 1. The summed E-state index contributed by atoms with van der Waals surface area (Å²) in [5.41, 5.74) is 0.0593. The first kappa shape index (κ1) is 15.8. The van der Waals surface area contributed by atoms with Crippen LogP contribution in [0.5, 0.6) is 5.75 Å². The number of alkyl halides is 1. The molecule has 5 heteroatoms. The second-order valence-electron chi connectivity index (χ2n) is 4.48. The quantitative estimate of drug-likeness (QED) is 0.751. The lowest BCUT2D eigenvalue weighted by atomic mass is 10.1. The van der Waals surface area contributed by atoms with Crippen LogP contribution in [0.2, 0.25) is 0 Å². The summed E-state index contributed by atoms with van der Waals surface area (Å²) in [6, 6.07) is 4.24. The summed E-state index contributed by atoms with van der Waals surface area (Å²) in [7, 11) is 1.46. The molecular formula is C14H19ClFNO2. The summed E-state index contributed by atoms with van der Waals surface area (Å²) < 4.78 is 18.8. The molecule has 1 amide bonds. The fraction of sp³-hybridized carbons (Fsp3) is 0.500. The van der Waals surface area contributed by atoms with Crippen molar-refractivity contribution in [3.8, 4) is 5.75 Å². The third-order valence-electron chi connectivity index (χ3n) is 2.82. The van der Waals surface area contributed by atoms with Crippen LogP contribution in [0.15, 0.2) is 18.2 Å². The zero-order valence-electron chi connectivity index (χ0n) is 11.5. The molecule has 0 bridgehead atoms. The summed E-state index contributed by atoms with van der Waals surface area (Å²) >= 11 is 5.64. The van der Waals surface area contributed by atoms with Crippen molar-refractivity contribution in [1.82, 2.24) is 4.90 Å². The predicted molar refractivity (Wildman–Crippen MR) is 74.5 cm³/mol. The smallest absolute Gasteiger partial charge is 0.257 e. The van der Waals surface area contributed by atoms with Crippen LogP contribution in [0, 0.1) is 5.82 Å². The summed E-state index contributed by atoms with van der Waals surface area (Å²) in [5, 5.41) is 0. The molecule has 0 heterocycles. The van der Waals surface area contributed by atoms with E-state index in [1.165, 1.54) is 19.2 Å². The molecule has 0 saturated heterocycles. The topological polar surface area (TPSA) is 29.5 Å². The first-order valence-electron chi connectivity index (χ1n) is 6.21. The fourth-order valence-electron chi connectivity index (χ4n) is 1.78. The van der Waals surface area contributed by atoms with E-state index in [0.717, 1.165) is 0 Å². The summed E-state index contributed by atoms with van der Waals surface area (Å²) in [5.74, 6) is -0.0197. The van der Waals surface area contributed by atoms with Crippen molar-refractivity contribution in [2.24, 2.45) is 0 Å². The molecule has 0 aromatic heterocycles. The van der Waals surface area contributed by atoms with Gasteiger partial charge in [0.05, 0.1) is 12.7 Å². The summed E-state index contributed by atoms with van der Waals surface area (Å²) in [4.78, 5) is 13.9. The molecule has 0 aliphatic rings. The minimum absolute atomic E-state index is 0.00258. The second kappa shape index (κ2) is 7.34. The van der Waals surface area contributed by atoms with E-state index >= 15 is 0 Å². The molecule has 0 radical (unpaired) electrons. The van der Waals surface area contributed by atoms with E-state index in [-0.39, 0.29) is 17.5 Å². The van der Waals surface area contributed by atoms with E-state index in [1.807, 2.05) is 13.8 Å².